The van der Waals surface area contributed by atoms with Gasteiger partial charge in [-0.3, -0.25) is 19.2 Å². The molecule has 8 nitrogen and oxygen atoms in total. The van der Waals surface area contributed by atoms with Crippen LogP contribution in [0.25, 0.3) is 0 Å². The molecule has 1 aliphatic heterocycles. The Hall–Kier alpha value is -3.68. The number of amides is 3. The standard InChI is InChI=1S/C23H24N2O6/c1-5-31-17-9-7-16(8-10-17)25-21(27)18-11-6-15(12-19(18)22(25)28)20(26)24(3)13-14(2)23(29)30-4/h6-12,14H,5,13H2,1-4H3. The average molecular weight is 424 g/mol. The van der Waals surface area contributed by atoms with Gasteiger partial charge in [-0.05, 0) is 49.4 Å². The lowest BCUT2D eigenvalue weighted by Crippen LogP contribution is -2.34. The van der Waals surface area contributed by atoms with Gasteiger partial charge in [0.15, 0.2) is 0 Å². The Balaban J connectivity index is 1.82. The molecule has 0 fully saturated rings. The summed E-state index contributed by atoms with van der Waals surface area (Å²) in [7, 11) is 2.86. The van der Waals surface area contributed by atoms with E-state index in [1.807, 2.05) is 6.92 Å². The molecule has 0 N–H and O–H groups in total. The van der Waals surface area contributed by atoms with Crippen molar-refractivity contribution in [3.8, 4) is 5.75 Å². The van der Waals surface area contributed by atoms with Crippen molar-refractivity contribution in [1.29, 1.82) is 0 Å². The van der Waals surface area contributed by atoms with Gasteiger partial charge in [-0.2, -0.15) is 0 Å². The summed E-state index contributed by atoms with van der Waals surface area (Å²) in [4.78, 5) is 52.6. The minimum atomic E-state index is -0.496. The van der Waals surface area contributed by atoms with Crippen molar-refractivity contribution >= 4 is 29.4 Å². The van der Waals surface area contributed by atoms with Gasteiger partial charge in [0.05, 0.1) is 36.4 Å². The van der Waals surface area contributed by atoms with Crippen LogP contribution in [-0.4, -0.2) is 55.9 Å². The number of nitrogens with zero attached hydrogens (tertiary/aromatic N) is 2. The predicted octanol–water partition coefficient (Wildman–Crippen LogP) is 2.77. The van der Waals surface area contributed by atoms with Crippen molar-refractivity contribution in [1.82, 2.24) is 4.90 Å². The zero-order valence-corrected chi connectivity index (χ0v) is 17.9. The summed E-state index contributed by atoms with van der Waals surface area (Å²) < 4.78 is 10.1. The summed E-state index contributed by atoms with van der Waals surface area (Å²) in [5, 5.41) is 0. The number of anilines is 1. The monoisotopic (exact) mass is 424 g/mol. The SMILES string of the molecule is CCOc1ccc(N2C(=O)c3ccc(C(=O)N(C)CC(C)C(=O)OC)cc3C2=O)cc1. The molecule has 0 aliphatic carbocycles. The van der Waals surface area contributed by atoms with Crippen LogP contribution in [0.1, 0.15) is 44.9 Å². The van der Waals surface area contributed by atoms with Crippen LogP contribution in [0.2, 0.25) is 0 Å². The molecule has 2 aromatic carbocycles. The highest BCUT2D eigenvalue weighted by atomic mass is 16.5. The fourth-order valence-corrected chi connectivity index (χ4v) is 3.46. The van der Waals surface area contributed by atoms with Crippen molar-refractivity contribution < 1.29 is 28.7 Å². The van der Waals surface area contributed by atoms with E-state index in [0.29, 0.717) is 18.0 Å². The summed E-state index contributed by atoms with van der Waals surface area (Å²) in [5.41, 5.74) is 1.08. The number of imide groups is 1. The number of ether oxygens (including phenoxy) is 2. The molecule has 31 heavy (non-hydrogen) atoms. The molecule has 1 unspecified atom stereocenters. The molecule has 0 saturated carbocycles. The molecule has 1 heterocycles. The second-order valence-electron chi connectivity index (χ2n) is 7.24. The maximum atomic E-state index is 13.0. The molecule has 2 aromatic rings. The number of fused-ring (bicyclic) bond motifs is 1. The highest BCUT2D eigenvalue weighted by Crippen LogP contribution is 2.30. The summed E-state index contributed by atoms with van der Waals surface area (Å²) in [6.07, 6.45) is 0. The lowest BCUT2D eigenvalue weighted by molar-refractivity contribution is -0.145. The molecule has 0 saturated heterocycles. The first-order valence-corrected chi connectivity index (χ1v) is 9.87. The number of esters is 1. The predicted molar refractivity (Wildman–Crippen MR) is 113 cm³/mol. The summed E-state index contributed by atoms with van der Waals surface area (Å²) in [6.45, 7) is 4.20. The van der Waals surface area contributed by atoms with Gasteiger partial charge in [0.25, 0.3) is 17.7 Å². The third-order valence-electron chi connectivity index (χ3n) is 5.04. The molecule has 0 spiro atoms. The van der Waals surface area contributed by atoms with E-state index in [9.17, 15) is 19.2 Å². The highest BCUT2D eigenvalue weighted by molar-refractivity contribution is 6.34. The van der Waals surface area contributed by atoms with Gasteiger partial charge < -0.3 is 14.4 Å². The molecular formula is C23H24N2O6. The van der Waals surface area contributed by atoms with Crippen LogP contribution in [0.3, 0.4) is 0 Å². The van der Waals surface area contributed by atoms with E-state index in [-0.39, 0.29) is 29.1 Å². The van der Waals surface area contributed by atoms with E-state index in [1.54, 1.807) is 38.2 Å². The fraction of sp³-hybridized carbons (Fsp3) is 0.304. The largest absolute Gasteiger partial charge is 0.494 e. The van der Waals surface area contributed by atoms with Crippen LogP contribution in [0.4, 0.5) is 5.69 Å². The van der Waals surface area contributed by atoms with Gasteiger partial charge in [0.2, 0.25) is 0 Å². The van der Waals surface area contributed by atoms with Gasteiger partial charge in [-0.1, -0.05) is 6.92 Å². The van der Waals surface area contributed by atoms with Crippen molar-refractivity contribution in [2.45, 2.75) is 13.8 Å². The van der Waals surface area contributed by atoms with E-state index >= 15 is 0 Å². The van der Waals surface area contributed by atoms with Crippen molar-refractivity contribution in [2.75, 3.05) is 32.2 Å². The average Bonchev–Trinajstić information content (AvgIpc) is 3.02. The molecule has 3 rings (SSSR count). The van der Waals surface area contributed by atoms with E-state index < -0.39 is 23.7 Å². The van der Waals surface area contributed by atoms with Crippen LogP contribution in [0.15, 0.2) is 42.5 Å². The molecular weight excluding hydrogens is 400 g/mol. The lowest BCUT2D eigenvalue weighted by Gasteiger charge is -2.20. The van der Waals surface area contributed by atoms with Gasteiger partial charge in [0.1, 0.15) is 5.75 Å². The topological polar surface area (TPSA) is 93.2 Å². The quantitative estimate of drug-likeness (QED) is 0.501. The minimum absolute atomic E-state index is 0.160. The minimum Gasteiger partial charge on any atom is -0.494 e. The first-order chi connectivity index (χ1) is 14.8. The molecule has 0 radical (unpaired) electrons. The lowest BCUT2D eigenvalue weighted by atomic mass is 10.0. The second-order valence-corrected chi connectivity index (χ2v) is 7.24. The zero-order valence-electron chi connectivity index (χ0n) is 17.9. The molecule has 1 aliphatic rings. The normalized spacial score (nSPS) is 13.6. The third-order valence-corrected chi connectivity index (χ3v) is 5.04. The first-order valence-electron chi connectivity index (χ1n) is 9.87. The van der Waals surface area contributed by atoms with Crippen LogP contribution in [0.5, 0.6) is 5.75 Å². The van der Waals surface area contributed by atoms with Crippen molar-refractivity contribution in [3.63, 3.8) is 0 Å². The Morgan fingerprint density at radius 3 is 2.29 bits per heavy atom. The Bertz CT molecular complexity index is 1030. The van der Waals surface area contributed by atoms with E-state index in [0.717, 1.165) is 4.90 Å². The van der Waals surface area contributed by atoms with Gasteiger partial charge in [-0.15, -0.1) is 0 Å². The number of rotatable bonds is 7. The Morgan fingerprint density at radius 1 is 1.03 bits per heavy atom. The number of benzene rings is 2. The van der Waals surface area contributed by atoms with Crippen molar-refractivity contribution in [3.05, 3.63) is 59.2 Å². The van der Waals surface area contributed by atoms with Crippen LogP contribution >= 0.6 is 0 Å². The molecule has 1 atom stereocenters. The van der Waals surface area contributed by atoms with Gasteiger partial charge in [0, 0.05) is 19.2 Å². The summed E-state index contributed by atoms with van der Waals surface area (Å²) in [6, 6.07) is 11.1. The fourth-order valence-electron chi connectivity index (χ4n) is 3.46. The van der Waals surface area contributed by atoms with E-state index in [1.165, 1.54) is 30.2 Å². The Labute approximate surface area is 180 Å². The number of carbonyl (C=O) groups is 4. The Morgan fingerprint density at radius 2 is 1.68 bits per heavy atom. The maximum absolute atomic E-state index is 13.0. The van der Waals surface area contributed by atoms with Crippen LogP contribution in [0, 0.1) is 5.92 Å². The Kier molecular flexibility index (Phi) is 6.39. The third kappa shape index (κ3) is 4.28. The molecule has 0 aromatic heterocycles. The summed E-state index contributed by atoms with van der Waals surface area (Å²) >= 11 is 0. The van der Waals surface area contributed by atoms with Crippen molar-refractivity contribution in [2.24, 2.45) is 5.92 Å². The van der Waals surface area contributed by atoms with E-state index in [4.69, 9.17) is 4.74 Å². The maximum Gasteiger partial charge on any atom is 0.310 e. The van der Waals surface area contributed by atoms with E-state index in [2.05, 4.69) is 4.74 Å². The zero-order chi connectivity index (χ0) is 22.7. The number of hydrogen-bond acceptors (Lipinski definition) is 6. The molecule has 0 bridgehead atoms. The smallest absolute Gasteiger partial charge is 0.310 e. The molecule has 162 valence electrons. The van der Waals surface area contributed by atoms with Gasteiger partial charge in [-0.25, -0.2) is 4.90 Å². The van der Waals surface area contributed by atoms with Crippen LogP contribution < -0.4 is 9.64 Å². The number of methoxy groups -OCH3 is 1. The molecule has 3 amide bonds. The van der Waals surface area contributed by atoms with Gasteiger partial charge >= 0.3 is 5.97 Å². The first kappa shape index (κ1) is 22.0. The molecule has 8 heteroatoms. The highest BCUT2D eigenvalue weighted by Gasteiger charge is 2.37. The summed E-state index contributed by atoms with van der Waals surface area (Å²) in [5.74, 6) is -1.58. The number of hydrogen-bond donors (Lipinski definition) is 0. The second kappa shape index (κ2) is 8.99. The van der Waals surface area contributed by atoms with Crippen LogP contribution in [-0.2, 0) is 9.53 Å². The number of carbonyl (C=O) groups excluding carboxylic acids is 4.